The number of unbranched alkanes of at least 4 members (excludes halogenated alkanes) is 5. The zero-order chi connectivity index (χ0) is 20.0. The summed E-state index contributed by atoms with van der Waals surface area (Å²) in [6.07, 6.45) is 30.3. The van der Waals surface area contributed by atoms with Gasteiger partial charge in [-0.15, -0.1) is 0 Å². The van der Waals surface area contributed by atoms with Crippen molar-refractivity contribution >= 4 is 5.97 Å². The van der Waals surface area contributed by atoms with E-state index in [-0.39, 0.29) is 6.42 Å². The molecule has 0 saturated heterocycles. The number of aliphatic hydroxyl groups excluding tert-OH is 1. The Labute approximate surface area is 165 Å². The summed E-state index contributed by atoms with van der Waals surface area (Å²) < 4.78 is 0. The first-order valence-corrected chi connectivity index (χ1v) is 10.3. The van der Waals surface area contributed by atoms with Gasteiger partial charge in [-0.2, -0.15) is 0 Å². The lowest BCUT2D eigenvalue weighted by Gasteiger charge is -1.98. The number of hydrogen-bond acceptors (Lipinski definition) is 2. The van der Waals surface area contributed by atoms with Gasteiger partial charge in [-0.3, -0.25) is 4.79 Å². The van der Waals surface area contributed by atoms with Crippen LogP contribution in [0.4, 0.5) is 0 Å². The normalized spacial score (nSPS) is 13.9. The number of carboxylic acids is 1. The Hall–Kier alpha value is -1.87. The molecule has 0 bridgehead atoms. The Morgan fingerprint density at radius 1 is 0.815 bits per heavy atom. The van der Waals surface area contributed by atoms with E-state index in [1.807, 2.05) is 24.3 Å². The highest BCUT2D eigenvalue weighted by Gasteiger charge is 1.94. The first kappa shape index (κ1) is 25.1. The SMILES string of the molecule is CCCCCC=C/C=C/[C@H](O)CC=CCC=CCC=CCCCCC(=O)O. The molecule has 0 radical (unpaired) electrons. The number of hydrogen-bond donors (Lipinski definition) is 2. The molecule has 0 saturated carbocycles. The summed E-state index contributed by atoms with van der Waals surface area (Å²) in [5.74, 6) is -0.715. The van der Waals surface area contributed by atoms with Crippen LogP contribution in [0.25, 0.3) is 0 Å². The fraction of sp³-hybridized carbons (Fsp3) is 0.542. The third kappa shape index (κ3) is 22.1. The van der Waals surface area contributed by atoms with E-state index >= 15 is 0 Å². The van der Waals surface area contributed by atoms with Crippen molar-refractivity contribution < 1.29 is 15.0 Å². The van der Waals surface area contributed by atoms with E-state index in [1.165, 1.54) is 19.3 Å². The van der Waals surface area contributed by atoms with Gasteiger partial charge in [-0.1, -0.05) is 80.5 Å². The maximum Gasteiger partial charge on any atom is 0.303 e. The number of rotatable bonds is 17. The van der Waals surface area contributed by atoms with E-state index in [0.717, 1.165) is 38.5 Å². The van der Waals surface area contributed by atoms with Gasteiger partial charge in [0.2, 0.25) is 0 Å². The lowest BCUT2D eigenvalue weighted by molar-refractivity contribution is -0.137. The van der Waals surface area contributed by atoms with Crippen LogP contribution in [0.3, 0.4) is 0 Å². The van der Waals surface area contributed by atoms with Gasteiger partial charge in [-0.25, -0.2) is 0 Å². The van der Waals surface area contributed by atoms with Crippen molar-refractivity contribution in [1.82, 2.24) is 0 Å². The third-order valence-electron chi connectivity index (χ3n) is 3.99. The van der Waals surface area contributed by atoms with E-state index in [9.17, 15) is 9.90 Å². The second-order valence-corrected chi connectivity index (χ2v) is 6.64. The average molecular weight is 375 g/mol. The van der Waals surface area contributed by atoms with E-state index in [1.54, 1.807) is 0 Å². The second kappa shape index (κ2) is 20.4. The molecule has 1 atom stereocenters. The van der Waals surface area contributed by atoms with Crippen LogP contribution in [0.2, 0.25) is 0 Å². The highest BCUT2D eigenvalue weighted by molar-refractivity contribution is 5.66. The van der Waals surface area contributed by atoms with Crippen molar-refractivity contribution in [3.05, 3.63) is 60.8 Å². The molecule has 3 heteroatoms. The first-order valence-electron chi connectivity index (χ1n) is 10.3. The zero-order valence-corrected chi connectivity index (χ0v) is 16.9. The third-order valence-corrected chi connectivity index (χ3v) is 3.99. The summed E-state index contributed by atoms with van der Waals surface area (Å²) >= 11 is 0. The molecule has 0 aromatic heterocycles. The van der Waals surface area contributed by atoms with Crippen molar-refractivity contribution in [2.24, 2.45) is 0 Å². The minimum absolute atomic E-state index is 0.264. The second-order valence-electron chi connectivity index (χ2n) is 6.64. The summed E-state index contributed by atoms with van der Waals surface area (Å²) in [5.41, 5.74) is 0. The number of allylic oxidation sites excluding steroid dienone is 8. The molecule has 0 unspecified atom stereocenters. The predicted molar refractivity (Wildman–Crippen MR) is 116 cm³/mol. The minimum atomic E-state index is -0.715. The van der Waals surface area contributed by atoms with Crippen LogP contribution in [-0.4, -0.2) is 22.3 Å². The first-order chi connectivity index (χ1) is 13.2. The van der Waals surface area contributed by atoms with Gasteiger partial charge in [0.05, 0.1) is 6.10 Å². The van der Waals surface area contributed by atoms with Crippen LogP contribution in [0.15, 0.2) is 60.8 Å². The van der Waals surface area contributed by atoms with E-state index in [4.69, 9.17) is 5.11 Å². The van der Waals surface area contributed by atoms with Crippen LogP contribution in [0.1, 0.15) is 77.6 Å². The van der Waals surface area contributed by atoms with Crippen LogP contribution in [0.5, 0.6) is 0 Å². The molecule has 152 valence electrons. The molecular weight excluding hydrogens is 336 g/mol. The largest absolute Gasteiger partial charge is 0.481 e. The van der Waals surface area contributed by atoms with Crippen molar-refractivity contribution in [3.63, 3.8) is 0 Å². The molecule has 2 N–H and O–H groups in total. The van der Waals surface area contributed by atoms with Gasteiger partial charge >= 0.3 is 5.97 Å². The fourth-order valence-electron chi connectivity index (χ4n) is 2.39. The molecule has 0 aliphatic rings. The van der Waals surface area contributed by atoms with E-state index < -0.39 is 12.1 Å². The summed E-state index contributed by atoms with van der Waals surface area (Å²) in [6.45, 7) is 2.20. The Balaban J connectivity index is 3.61. The molecule has 3 nitrogen and oxygen atoms in total. The highest BCUT2D eigenvalue weighted by Crippen LogP contribution is 2.03. The summed E-state index contributed by atoms with van der Waals surface area (Å²) in [7, 11) is 0. The number of aliphatic hydroxyl groups is 1. The minimum Gasteiger partial charge on any atom is -0.481 e. The number of carboxylic acid groups (broad SMARTS) is 1. The molecule has 27 heavy (non-hydrogen) atoms. The smallest absolute Gasteiger partial charge is 0.303 e. The fourth-order valence-corrected chi connectivity index (χ4v) is 2.39. The van der Waals surface area contributed by atoms with Crippen molar-refractivity contribution in [3.8, 4) is 0 Å². The van der Waals surface area contributed by atoms with Gasteiger partial charge in [0.15, 0.2) is 0 Å². The van der Waals surface area contributed by atoms with Crippen LogP contribution in [0, 0.1) is 0 Å². The van der Waals surface area contributed by atoms with E-state index in [2.05, 4.69) is 43.4 Å². The van der Waals surface area contributed by atoms with Gasteiger partial charge < -0.3 is 10.2 Å². The van der Waals surface area contributed by atoms with Gasteiger partial charge in [0.25, 0.3) is 0 Å². The Morgan fingerprint density at radius 3 is 2.15 bits per heavy atom. The number of carbonyl (C=O) groups is 1. The molecule has 0 amide bonds. The molecule has 0 fully saturated rings. The molecule has 0 rings (SSSR count). The quantitative estimate of drug-likeness (QED) is 0.173. The molecule has 0 aromatic rings. The maximum absolute atomic E-state index is 10.4. The van der Waals surface area contributed by atoms with Gasteiger partial charge in [0.1, 0.15) is 0 Å². The lowest BCUT2D eigenvalue weighted by atomic mass is 10.1. The lowest BCUT2D eigenvalue weighted by Crippen LogP contribution is -1.98. The molecule has 0 spiro atoms. The summed E-state index contributed by atoms with van der Waals surface area (Å²) in [5, 5.41) is 18.4. The molecule has 0 aliphatic heterocycles. The Morgan fingerprint density at radius 2 is 1.44 bits per heavy atom. The van der Waals surface area contributed by atoms with Gasteiger partial charge in [0, 0.05) is 6.42 Å². The Kier molecular flexibility index (Phi) is 19.0. The molecular formula is C24H38O3. The standard InChI is InChI=1S/C24H38O3/c1-2-3-4-5-11-14-17-20-23(25)21-18-15-12-9-7-6-8-10-13-16-19-22-24(26)27/h7-11,14-15,17-18,20,23,25H,2-6,12-13,16,19,21-22H2,1H3,(H,26,27)/b9-7?,10-8?,14-11?,18-15?,20-17+/t23-/m0/s1. The van der Waals surface area contributed by atoms with Crippen LogP contribution in [-0.2, 0) is 4.79 Å². The van der Waals surface area contributed by atoms with Crippen LogP contribution < -0.4 is 0 Å². The zero-order valence-electron chi connectivity index (χ0n) is 16.9. The number of aliphatic carboxylic acids is 1. The maximum atomic E-state index is 10.4. The molecule has 0 aliphatic carbocycles. The Bertz CT molecular complexity index is 484. The highest BCUT2D eigenvalue weighted by atomic mass is 16.4. The average Bonchev–Trinajstić information content (AvgIpc) is 2.64. The van der Waals surface area contributed by atoms with Crippen LogP contribution >= 0.6 is 0 Å². The summed E-state index contributed by atoms with van der Waals surface area (Å²) in [6, 6.07) is 0. The van der Waals surface area contributed by atoms with Crippen molar-refractivity contribution in [2.45, 2.75) is 83.7 Å². The molecule has 0 heterocycles. The monoisotopic (exact) mass is 374 g/mol. The van der Waals surface area contributed by atoms with Crippen molar-refractivity contribution in [1.29, 1.82) is 0 Å². The molecule has 0 aromatic carbocycles. The topological polar surface area (TPSA) is 57.5 Å². The summed E-state index contributed by atoms with van der Waals surface area (Å²) in [4.78, 5) is 10.4. The van der Waals surface area contributed by atoms with E-state index in [0.29, 0.717) is 6.42 Å². The van der Waals surface area contributed by atoms with Gasteiger partial charge in [-0.05, 0) is 51.4 Å². The van der Waals surface area contributed by atoms with Crippen molar-refractivity contribution in [2.75, 3.05) is 0 Å². The predicted octanol–water partition coefficient (Wildman–Crippen LogP) is 6.52.